The van der Waals surface area contributed by atoms with Gasteiger partial charge in [-0.15, -0.1) is 0 Å². The van der Waals surface area contributed by atoms with Crippen molar-refractivity contribution in [2.45, 2.75) is 0 Å². The summed E-state index contributed by atoms with van der Waals surface area (Å²) in [6.45, 7) is 10.4. The Balaban J connectivity index is -0.0000000376. The first kappa shape index (κ1) is 39.2. The predicted molar refractivity (Wildman–Crippen MR) is 86.7 cm³/mol. The molecule has 0 rings (SSSR count). The molecule has 0 aromatic carbocycles. The minimum atomic E-state index is -2.64. The quantitative estimate of drug-likeness (QED) is 0.251. The fourth-order valence-electron chi connectivity index (χ4n) is 0. The molecule has 0 amide bonds. The minimum Gasteiger partial charge on any atom is -0.345 e. The zero-order valence-corrected chi connectivity index (χ0v) is 20.7. The molecule has 0 aromatic rings. The summed E-state index contributed by atoms with van der Waals surface area (Å²) in [5.41, 5.74) is 0. The van der Waals surface area contributed by atoms with Crippen LogP contribution in [-0.2, 0) is 57.2 Å². The molecule has 0 bridgehead atoms. The molecule has 0 fully saturated rings. The molecular formula is C8H28O8P4Rh2. The number of hydrogen-bond donors (Lipinski definition) is 4. The maximum Gasteiger partial charge on any atom is 0.194 e. The molecule has 146 valence electrons. The largest absolute Gasteiger partial charge is 0.345 e. The number of rotatable bonds is 0. The Morgan fingerprint density at radius 3 is 0.409 bits per heavy atom. The van der Waals surface area contributed by atoms with Gasteiger partial charge in [-0.3, -0.25) is 18.3 Å². The maximum absolute atomic E-state index is 9.77. The van der Waals surface area contributed by atoms with Crippen molar-refractivity contribution in [3.05, 3.63) is 0 Å². The van der Waals surface area contributed by atoms with Gasteiger partial charge in [-0.05, 0) is 0 Å². The second-order valence-electron chi connectivity index (χ2n) is 5.18. The van der Waals surface area contributed by atoms with Crippen LogP contribution in [0.25, 0.3) is 0 Å². The third-order valence-corrected chi connectivity index (χ3v) is 0. The first-order valence-electron chi connectivity index (χ1n) is 5.11. The molecule has 2 radical (unpaired) electrons. The standard InChI is InChI=1S/4C2H7O2P.2Rh/c4*1-5(2,3)4;;/h4*1-2H3,(H,3,4);;. The van der Waals surface area contributed by atoms with Crippen molar-refractivity contribution in [2.24, 2.45) is 0 Å². The second-order valence-corrected chi connectivity index (χ2v) is 15.5. The number of hydrogen-bond acceptors (Lipinski definition) is 4. The van der Waals surface area contributed by atoms with E-state index in [2.05, 4.69) is 0 Å². The van der Waals surface area contributed by atoms with Gasteiger partial charge in [-0.25, -0.2) is 0 Å². The fraction of sp³-hybridized carbons (Fsp3) is 1.00. The Bertz CT molecular complexity index is 305. The summed E-state index contributed by atoms with van der Waals surface area (Å²) in [6.07, 6.45) is 0. The van der Waals surface area contributed by atoms with E-state index in [1.54, 1.807) is 0 Å². The van der Waals surface area contributed by atoms with Crippen molar-refractivity contribution in [1.82, 2.24) is 0 Å². The molecule has 0 aromatic heterocycles. The Kier molecular flexibility index (Phi) is 29.3. The first-order chi connectivity index (χ1) is 8.00. The zero-order valence-electron chi connectivity index (χ0n) is 13.9. The average Bonchev–Trinajstić information content (AvgIpc) is 1.62. The van der Waals surface area contributed by atoms with E-state index >= 15 is 0 Å². The van der Waals surface area contributed by atoms with Crippen LogP contribution < -0.4 is 0 Å². The van der Waals surface area contributed by atoms with Crippen molar-refractivity contribution >= 4 is 29.5 Å². The molecular weight excluding hydrogens is 554 g/mol. The van der Waals surface area contributed by atoms with E-state index in [-0.39, 0.29) is 39.0 Å². The van der Waals surface area contributed by atoms with Gasteiger partial charge in [-0.1, -0.05) is 0 Å². The van der Waals surface area contributed by atoms with Crippen LogP contribution in [0, 0.1) is 0 Å². The Morgan fingerprint density at radius 2 is 0.409 bits per heavy atom. The summed E-state index contributed by atoms with van der Waals surface area (Å²) in [5, 5.41) is 0. The zero-order chi connectivity index (χ0) is 18.0. The molecule has 0 saturated carbocycles. The summed E-state index contributed by atoms with van der Waals surface area (Å²) >= 11 is 0. The molecule has 0 unspecified atom stereocenters. The van der Waals surface area contributed by atoms with Gasteiger partial charge in [-0.2, -0.15) is 0 Å². The van der Waals surface area contributed by atoms with Crippen LogP contribution in [0.2, 0.25) is 0 Å². The summed E-state index contributed by atoms with van der Waals surface area (Å²) < 4.78 is 39.1. The fourth-order valence-corrected chi connectivity index (χ4v) is 0. The van der Waals surface area contributed by atoms with Crippen molar-refractivity contribution in [3.63, 3.8) is 0 Å². The van der Waals surface area contributed by atoms with Gasteiger partial charge in [0.15, 0.2) is 29.5 Å². The minimum absolute atomic E-state index is 0. The van der Waals surface area contributed by atoms with Gasteiger partial charge in [0.1, 0.15) is 0 Å². The van der Waals surface area contributed by atoms with Crippen molar-refractivity contribution in [2.75, 3.05) is 53.3 Å². The molecule has 0 atom stereocenters. The summed E-state index contributed by atoms with van der Waals surface area (Å²) in [6, 6.07) is 0. The Hall–Kier alpha value is 2.01. The van der Waals surface area contributed by atoms with E-state index in [0.29, 0.717) is 0 Å². The normalized spacial score (nSPS) is 10.7. The van der Waals surface area contributed by atoms with Crippen LogP contribution in [0.1, 0.15) is 0 Å². The van der Waals surface area contributed by atoms with Crippen LogP contribution in [0.15, 0.2) is 0 Å². The van der Waals surface area contributed by atoms with Gasteiger partial charge in [0.05, 0.1) is 0 Å². The second kappa shape index (κ2) is 16.5. The molecule has 0 aliphatic heterocycles. The van der Waals surface area contributed by atoms with Crippen LogP contribution in [0.5, 0.6) is 0 Å². The van der Waals surface area contributed by atoms with Crippen molar-refractivity contribution in [1.29, 1.82) is 0 Å². The van der Waals surface area contributed by atoms with Gasteiger partial charge >= 0.3 is 0 Å². The van der Waals surface area contributed by atoms with E-state index in [1.807, 2.05) is 0 Å². The third kappa shape index (κ3) is 2410. The summed E-state index contributed by atoms with van der Waals surface area (Å²) in [7, 11) is -10.6. The molecule has 8 nitrogen and oxygen atoms in total. The van der Waals surface area contributed by atoms with Crippen molar-refractivity contribution < 1.29 is 76.8 Å². The first-order valence-corrected chi connectivity index (χ1v) is 15.3. The Labute approximate surface area is 159 Å². The average molecular weight is 582 g/mol. The molecule has 0 aliphatic carbocycles. The molecule has 0 heterocycles. The van der Waals surface area contributed by atoms with E-state index in [4.69, 9.17) is 19.6 Å². The van der Waals surface area contributed by atoms with Crippen molar-refractivity contribution in [3.8, 4) is 0 Å². The summed E-state index contributed by atoms with van der Waals surface area (Å²) in [5.74, 6) is 0. The molecule has 0 spiro atoms. The smallest absolute Gasteiger partial charge is 0.194 e. The van der Waals surface area contributed by atoms with Crippen LogP contribution in [0.3, 0.4) is 0 Å². The predicted octanol–water partition coefficient (Wildman–Crippen LogP) is 2.06. The molecule has 14 heteroatoms. The van der Waals surface area contributed by atoms with Crippen LogP contribution in [-0.4, -0.2) is 72.9 Å². The van der Waals surface area contributed by atoms with Gasteiger partial charge < -0.3 is 19.6 Å². The van der Waals surface area contributed by atoms with Gasteiger partial charge in [0, 0.05) is 92.3 Å². The summed E-state index contributed by atoms with van der Waals surface area (Å²) in [4.78, 5) is 32.3. The molecule has 4 N–H and O–H groups in total. The Morgan fingerprint density at radius 1 is 0.409 bits per heavy atom. The molecule has 22 heavy (non-hydrogen) atoms. The maximum atomic E-state index is 9.77. The van der Waals surface area contributed by atoms with Gasteiger partial charge in [0.2, 0.25) is 0 Å². The monoisotopic (exact) mass is 582 g/mol. The molecule has 0 saturated heterocycles. The van der Waals surface area contributed by atoms with E-state index in [1.165, 1.54) is 53.3 Å². The van der Waals surface area contributed by atoms with E-state index < -0.39 is 29.5 Å². The topological polar surface area (TPSA) is 149 Å². The SMILES string of the molecule is CP(C)(=O)O.CP(C)(=O)O.CP(C)(=O)O.CP(C)(=O)O.[Rh].[Rh]. The van der Waals surface area contributed by atoms with Crippen LogP contribution in [0.4, 0.5) is 0 Å². The molecule has 0 aliphatic rings. The van der Waals surface area contributed by atoms with Gasteiger partial charge in [0.25, 0.3) is 0 Å². The van der Waals surface area contributed by atoms with E-state index in [9.17, 15) is 18.3 Å². The third-order valence-electron chi connectivity index (χ3n) is 0. The van der Waals surface area contributed by atoms with Crippen LogP contribution >= 0.6 is 29.5 Å². The van der Waals surface area contributed by atoms with E-state index in [0.717, 1.165) is 0 Å².